The van der Waals surface area contributed by atoms with Gasteiger partial charge >= 0.3 is 0 Å². The van der Waals surface area contributed by atoms with Crippen molar-refractivity contribution in [3.05, 3.63) is 59.1 Å². The predicted molar refractivity (Wildman–Crippen MR) is 108 cm³/mol. The first-order valence-corrected chi connectivity index (χ1v) is 10.9. The number of halogens is 1. The molecule has 1 saturated heterocycles. The van der Waals surface area contributed by atoms with Crippen molar-refractivity contribution in [2.24, 2.45) is 0 Å². The van der Waals surface area contributed by atoms with Gasteiger partial charge in [0, 0.05) is 31.4 Å². The highest BCUT2D eigenvalue weighted by Gasteiger charge is 2.28. The molecule has 0 saturated carbocycles. The number of amides is 1. The maximum Gasteiger partial charge on any atom is 0.258 e. The number of carbonyl (C=O) groups is 1. The molecule has 5 nitrogen and oxygen atoms in total. The van der Waals surface area contributed by atoms with E-state index in [1.807, 2.05) is 30.3 Å². The van der Waals surface area contributed by atoms with Crippen molar-refractivity contribution < 1.29 is 13.2 Å². The molecule has 0 atom stereocenters. The standard InChI is InChI=1S/C20H23ClN2O3S/c1-22(17-9-5-4-6-10-17)20(24)16-11-12-18(21)19(15-16)27(25,26)23-13-7-2-3-8-14-23/h4-6,9-12,15H,2-3,7-8,13-14H2,1H3. The van der Waals surface area contributed by atoms with Crippen molar-refractivity contribution in [3.8, 4) is 0 Å². The zero-order chi connectivity index (χ0) is 19.4. The molecule has 27 heavy (non-hydrogen) atoms. The molecule has 0 spiro atoms. The molecule has 1 amide bonds. The lowest BCUT2D eigenvalue weighted by atomic mass is 10.2. The lowest BCUT2D eigenvalue weighted by molar-refractivity contribution is 0.0993. The zero-order valence-corrected chi connectivity index (χ0v) is 16.8. The summed E-state index contributed by atoms with van der Waals surface area (Å²) < 4.78 is 27.7. The number of anilines is 1. The van der Waals surface area contributed by atoms with Gasteiger partial charge in [-0.25, -0.2) is 8.42 Å². The number of hydrogen-bond donors (Lipinski definition) is 0. The average molecular weight is 407 g/mol. The fraction of sp³-hybridized carbons (Fsp3) is 0.350. The molecule has 0 unspecified atom stereocenters. The Bertz CT molecular complexity index is 908. The van der Waals surface area contributed by atoms with Crippen LogP contribution in [0.15, 0.2) is 53.4 Å². The highest BCUT2D eigenvalue weighted by Crippen LogP contribution is 2.28. The van der Waals surface area contributed by atoms with E-state index in [4.69, 9.17) is 11.6 Å². The molecule has 0 radical (unpaired) electrons. The minimum absolute atomic E-state index is 0.00150. The highest BCUT2D eigenvalue weighted by molar-refractivity contribution is 7.89. The molecule has 1 heterocycles. The van der Waals surface area contributed by atoms with Gasteiger partial charge in [0.2, 0.25) is 10.0 Å². The SMILES string of the molecule is CN(C(=O)c1ccc(Cl)c(S(=O)(=O)N2CCCCCC2)c1)c1ccccc1. The molecular weight excluding hydrogens is 384 g/mol. The molecule has 1 aliphatic rings. The van der Waals surface area contributed by atoms with Gasteiger partial charge in [-0.15, -0.1) is 0 Å². The Kier molecular flexibility index (Phi) is 6.19. The van der Waals surface area contributed by atoms with E-state index in [-0.39, 0.29) is 15.8 Å². The van der Waals surface area contributed by atoms with Gasteiger partial charge in [-0.3, -0.25) is 4.79 Å². The third-order valence-corrected chi connectivity index (χ3v) is 7.19. The smallest absolute Gasteiger partial charge is 0.258 e. The van der Waals surface area contributed by atoms with Gasteiger partial charge in [0.25, 0.3) is 5.91 Å². The lowest BCUT2D eigenvalue weighted by Crippen LogP contribution is -2.32. The van der Waals surface area contributed by atoms with Crippen LogP contribution in [0.5, 0.6) is 0 Å². The Morgan fingerprint density at radius 3 is 2.26 bits per heavy atom. The molecular formula is C20H23ClN2O3S. The maximum atomic E-state index is 13.1. The van der Waals surface area contributed by atoms with E-state index < -0.39 is 10.0 Å². The quantitative estimate of drug-likeness (QED) is 0.765. The summed E-state index contributed by atoms with van der Waals surface area (Å²) in [4.78, 5) is 14.3. The summed E-state index contributed by atoms with van der Waals surface area (Å²) in [5, 5.41) is 0.137. The Morgan fingerprint density at radius 1 is 1.00 bits per heavy atom. The van der Waals surface area contributed by atoms with Crippen LogP contribution in [0, 0.1) is 0 Å². The van der Waals surface area contributed by atoms with Gasteiger partial charge in [0.1, 0.15) is 4.90 Å². The average Bonchev–Trinajstić information content (AvgIpc) is 2.98. The van der Waals surface area contributed by atoms with Crippen molar-refractivity contribution in [1.82, 2.24) is 4.31 Å². The number of nitrogens with zero attached hydrogens (tertiary/aromatic N) is 2. The summed E-state index contributed by atoms with van der Waals surface area (Å²) in [6.45, 7) is 0.974. The fourth-order valence-electron chi connectivity index (χ4n) is 3.22. The van der Waals surface area contributed by atoms with Crippen LogP contribution in [0.3, 0.4) is 0 Å². The molecule has 2 aromatic carbocycles. The van der Waals surface area contributed by atoms with Gasteiger partial charge in [0.15, 0.2) is 0 Å². The molecule has 0 bridgehead atoms. The molecule has 0 N–H and O–H groups in total. The Morgan fingerprint density at radius 2 is 1.63 bits per heavy atom. The van der Waals surface area contributed by atoms with Crippen molar-refractivity contribution in [2.45, 2.75) is 30.6 Å². The lowest BCUT2D eigenvalue weighted by Gasteiger charge is -2.22. The number of benzene rings is 2. The largest absolute Gasteiger partial charge is 0.311 e. The number of hydrogen-bond acceptors (Lipinski definition) is 3. The third kappa shape index (κ3) is 4.34. The van der Waals surface area contributed by atoms with E-state index in [1.54, 1.807) is 13.1 Å². The second kappa shape index (κ2) is 8.42. The Balaban J connectivity index is 1.93. The Labute approximate surface area is 165 Å². The summed E-state index contributed by atoms with van der Waals surface area (Å²) in [6, 6.07) is 13.6. The molecule has 2 aromatic rings. The molecule has 0 aromatic heterocycles. The van der Waals surface area contributed by atoms with Crippen LogP contribution >= 0.6 is 11.6 Å². The van der Waals surface area contributed by atoms with E-state index in [0.29, 0.717) is 18.7 Å². The van der Waals surface area contributed by atoms with Gasteiger partial charge in [-0.2, -0.15) is 4.31 Å². The minimum Gasteiger partial charge on any atom is -0.311 e. The number of rotatable bonds is 4. The number of carbonyl (C=O) groups excluding carboxylic acids is 1. The monoisotopic (exact) mass is 406 g/mol. The van der Waals surface area contributed by atoms with Crippen LogP contribution in [-0.4, -0.2) is 38.8 Å². The van der Waals surface area contributed by atoms with Crippen LogP contribution in [0.1, 0.15) is 36.0 Å². The predicted octanol–water partition coefficient (Wildman–Crippen LogP) is 4.18. The van der Waals surface area contributed by atoms with Crippen molar-refractivity contribution in [3.63, 3.8) is 0 Å². The van der Waals surface area contributed by atoms with E-state index in [1.165, 1.54) is 21.3 Å². The van der Waals surface area contributed by atoms with Gasteiger partial charge in [0.05, 0.1) is 5.02 Å². The molecule has 0 aliphatic carbocycles. The molecule has 7 heteroatoms. The van der Waals surface area contributed by atoms with Crippen LogP contribution < -0.4 is 4.90 Å². The van der Waals surface area contributed by atoms with Crippen LogP contribution in [0.2, 0.25) is 5.02 Å². The Hall–Kier alpha value is -1.89. The van der Waals surface area contributed by atoms with E-state index in [2.05, 4.69) is 0 Å². The minimum atomic E-state index is -3.73. The second-order valence-electron chi connectivity index (χ2n) is 6.66. The van der Waals surface area contributed by atoms with E-state index in [0.717, 1.165) is 31.4 Å². The van der Waals surface area contributed by atoms with Crippen LogP contribution in [0.25, 0.3) is 0 Å². The topological polar surface area (TPSA) is 57.7 Å². The first-order chi connectivity index (χ1) is 12.9. The fourth-order valence-corrected chi connectivity index (χ4v) is 5.24. The summed E-state index contributed by atoms with van der Waals surface area (Å²) in [5.74, 6) is -0.287. The summed E-state index contributed by atoms with van der Waals surface area (Å²) in [6.07, 6.45) is 3.73. The van der Waals surface area contributed by atoms with Crippen LogP contribution in [-0.2, 0) is 10.0 Å². The van der Waals surface area contributed by atoms with Gasteiger partial charge in [-0.05, 0) is 43.2 Å². The van der Waals surface area contributed by atoms with Crippen LogP contribution in [0.4, 0.5) is 5.69 Å². The first-order valence-electron chi connectivity index (χ1n) is 9.04. The number of sulfonamides is 1. The maximum absolute atomic E-state index is 13.1. The van der Waals surface area contributed by atoms with Crippen molar-refractivity contribution in [2.75, 3.05) is 25.0 Å². The first kappa shape index (κ1) is 19.9. The third-order valence-electron chi connectivity index (χ3n) is 4.81. The van der Waals surface area contributed by atoms with Gasteiger partial charge < -0.3 is 4.90 Å². The highest BCUT2D eigenvalue weighted by atomic mass is 35.5. The van der Waals surface area contributed by atoms with Gasteiger partial charge in [-0.1, -0.05) is 42.6 Å². The molecule has 3 rings (SSSR count). The number of para-hydroxylation sites is 1. The molecule has 1 aliphatic heterocycles. The summed E-state index contributed by atoms with van der Waals surface area (Å²) in [7, 11) is -2.07. The molecule has 144 valence electrons. The zero-order valence-electron chi connectivity index (χ0n) is 15.3. The summed E-state index contributed by atoms with van der Waals surface area (Å²) >= 11 is 6.21. The van der Waals surface area contributed by atoms with E-state index >= 15 is 0 Å². The second-order valence-corrected chi connectivity index (χ2v) is 8.98. The molecule has 1 fully saturated rings. The summed E-state index contributed by atoms with van der Waals surface area (Å²) in [5.41, 5.74) is 1.02. The normalized spacial score (nSPS) is 15.9. The van der Waals surface area contributed by atoms with E-state index in [9.17, 15) is 13.2 Å². The van der Waals surface area contributed by atoms with Crippen molar-refractivity contribution >= 4 is 33.2 Å². The van der Waals surface area contributed by atoms with Crippen molar-refractivity contribution in [1.29, 1.82) is 0 Å².